The number of carbonyl (C=O) groups is 1. The molecular formula is C23H30N2O3. The lowest BCUT2D eigenvalue weighted by Gasteiger charge is -2.34. The van der Waals surface area contributed by atoms with E-state index in [1.165, 1.54) is 0 Å². The predicted molar refractivity (Wildman–Crippen MR) is 111 cm³/mol. The maximum Gasteiger partial charge on any atom is 0.260 e. The lowest BCUT2D eigenvalue weighted by Crippen LogP contribution is -2.48. The minimum Gasteiger partial charge on any atom is -0.489 e. The van der Waals surface area contributed by atoms with Gasteiger partial charge in [-0.2, -0.15) is 0 Å². The normalized spacial score (nSPS) is 14.5. The first-order valence-corrected chi connectivity index (χ1v) is 10.2. The monoisotopic (exact) mass is 382 g/mol. The summed E-state index contributed by atoms with van der Waals surface area (Å²) in [6.45, 7) is 5.46. The Balaban J connectivity index is 1.48. The molecule has 2 aromatic carbocycles. The van der Waals surface area contributed by atoms with Gasteiger partial charge in [0.25, 0.3) is 5.91 Å². The smallest absolute Gasteiger partial charge is 0.260 e. The Kier molecular flexibility index (Phi) is 7.73. The molecule has 5 heteroatoms. The number of hydrogen-bond acceptors (Lipinski definition) is 4. The third-order valence-corrected chi connectivity index (χ3v) is 4.97. The van der Waals surface area contributed by atoms with Crippen LogP contribution in [-0.4, -0.2) is 43.1 Å². The number of rotatable bonds is 9. The van der Waals surface area contributed by atoms with Gasteiger partial charge in [0.2, 0.25) is 0 Å². The van der Waals surface area contributed by atoms with Crippen molar-refractivity contribution in [3.05, 3.63) is 60.2 Å². The molecule has 150 valence electrons. The molecule has 5 nitrogen and oxygen atoms in total. The molecule has 1 heterocycles. The third-order valence-electron chi connectivity index (χ3n) is 4.97. The number of nitrogens with zero attached hydrogens (tertiary/aromatic N) is 1. The second-order valence-electron chi connectivity index (χ2n) is 7.10. The fraction of sp³-hybridized carbons (Fsp3) is 0.435. The number of nitrogens with one attached hydrogen (secondary N) is 1. The summed E-state index contributed by atoms with van der Waals surface area (Å²) in [5, 5.41) is 3.35. The highest BCUT2D eigenvalue weighted by Gasteiger charge is 2.24. The predicted octanol–water partition coefficient (Wildman–Crippen LogP) is 3.64. The van der Waals surface area contributed by atoms with E-state index in [-0.39, 0.29) is 12.5 Å². The molecule has 0 radical (unpaired) electrons. The zero-order valence-corrected chi connectivity index (χ0v) is 16.6. The van der Waals surface area contributed by atoms with Crippen molar-refractivity contribution in [1.82, 2.24) is 10.2 Å². The lowest BCUT2D eigenvalue weighted by atomic mass is 10.0. The molecule has 0 atom stereocenters. The van der Waals surface area contributed by atoms with Gasteiger partial charge in [-0.15, -0.1) is 0 Å². The highest BCUT2D eigenvalue weighted by atomic mass is 16.5. The molecule has 0 saturated carbocycles. The summed E-state index contributed by atoms with van der Waals surface area (Å²) in [6.07, 6.45) is 2.99. The van der Waals surface area contributed by atoms with Crippen molar-refractivity contribution in [2.45, 2.75) is 38.8 Å². The van der Waals surface area contributed by atoms with Crippen LogP contribution >= 0.6 is 0 Å². The fourth-order valence-corrected chi connectivity index (χ4v) is 3.47. The summed E-state index contributed by atoms with van der Waals surface area (Å²) in [7, 11) is 0. The molecule has 1 aliphatic rings. The van der Waals surface area contributed by atoms with Crippen LogP contribution in [0, 0.1) is 0 Å². The van der Waals surface area contributed by atoms with Crippen molar-refractivity contribution in [3.63, 3.8) is 0 Å². The first-order chi connectivity index (χ1) is 13.8. The molecule has 3 rings (SSSR count). The molecule has 1 aliphatic heterocycles. The Bertz CT molecular complexity index is 712. The molecule has 28 heavy (non-hydrogen) atoms. The van der Waals surface area contributed by atoms with Gasteiger partial charge < -0.3 is 19.7 Å². The van der Waals surface area contributed by atoms with Crippen molar-refractivity contribution in [2.75, 3.05) is 26.2 Å². The Morgan fingerprint density at radius 3 is 2.29 bits per heavy atom. The summed E-state index contributed by atoms with van der Waals surface area (Å²) in [5.41, 5.74) is 1.13. The van der Waals surface area contributed by atoms with Gasteiger partial charge in [-0.3, -0.25) is 4.79 Å². The average molecular weight is 383 g/mol. The molecule has 1 amide bonds. The van der Waals surface area contributed by atoms with Gasteiger partial charge in [0.05, 0.1) is 0 Å². The van der Waals surface area contributed by atoms with E-state index in [1.807, 2.05) is 59.5 Å². The quantitative estimate of drug-likeness (QED) is 0.719. The Morgan fingerprint density at radius 2 is 1.64 bits per heavy atom. The molecule has 1 saturated heterocycles. The van der Waals surface area contributed by atoms with Crippen molar-refractivity contribution in [3.8, 4) is 11.5 Å². The molecule has 0 spiro atoms. The molecule has 1 N–H and O–H groups in total. The highest BCUT2D eigenvalue weighted by molar-refractivity contribution is 5.78. The van der Waals surface area contributed by atoms with Crippen LogP contribution in [0.3, 0.4) is 0 Å². The maximum atomic E-state index is 12.7. The van der Waals surface area contributed by atoms with Crippen LogP contribution in [0.15, 0.2) is 54.6 Å². The number of benzene rings is 2. The molecular weight excluding hydrogens is 352 g/mol. The van der Waals surface area contributed by atoms with Gasteiger partial charge in [-0.25, -0.2) is 0 Å². The van der Waals surface area contributed by atoms with Crippen LogP contribution in [0.25, 0.3) is 0 Å². The van der Waals surface area contributed by atoms with E-state index in [9.17, 15) is 4.79 Å². The number of amides is 1. The summed E-state index contributed by atoms with van der Waals surface area (Å²) in [4.78, 5) is 14.7. The van der Waals surface area contributed by atoms with Crippen LogP contribution in [-0.2, 0) is 11.4 Å². The second-order valence-corrected chi connectivity index (χ2v) is 7.10. The van der Waals surface area contributed by atoms with Crippen molar-refractivity contribution < 1.29 is 14.3 Å². The van der Waals surface area contributed by atoms with E-state index in [0.29, 0.717) is 18.4 Å². The number of carbonyl (C=O) groups excluding carboxylic acids is 1. The Labute approximate surface area is 167 Å². The Morgan fingerprint density at radius 1 is 1.00 bits per heavy atom. The average Bonchev–Trinajstić information content (AvgIpc) is 2.76. The third kappa shape index (κ3) is 5.99. The fourth-order valence-electron chi connectivity index (χ4n) is 3.47. The van der Waals surface area contributed by atoms with Crippen LogP contribution < -0.4 is 14.8 Å². The minimum absolute atomic E-state index is 0.0677. The molecule has 0 unspecified atom stereocenters. The number of ether oxygens (including phenoxy) is 2. The van der Waals surface area contributed by atoms with Gasteiger partial charge in [0.15, 0.2) is 6.61 Å². The summed E-state index contributed by atoms with van der Waals surface area (Å²) in [6, 6.07) is 17.8. The van der Waals surface area contributed by atoms with E-state index in [4.69, 9.17) is 9.47 Å². The summed E-state index contributed by atoms with van der Waals surface area (Å²) in [5.74, 6) is 1.53. The maximum absolute atomic E-state index is 12.7. The first-order valence-electron chi connectivity index (χ1n) is 10.2. The zero-order valence-electron chi connectivity index (χ0n) is 16.6. The summed E-state index contributed by atoms with van der Waals surface area (Å²) < 4.78 is 11.5. The number of hydrogen-bond donors (Lipinski definition) is 1. The molecule has 2 aromatic rings. The number of piperidine rings is 1. The van der Waals surface area contributed by atoms with Crippen molar-refractivity contribution in [1.29, 1.82) is 0 Å². The van der Waals surface area contributed by atoms with Crippen molar-refractivity contribution in [2.24, 2.45) is 0 Å². The highest BCUT2D eigenvalue weighted by Crippen LogP contribution is 2.19. The molecule has 0 bridgehead atoms. The van der Waals surface area contributed by atoms with E-state index < -0.39 is 0 Å². The van der Waals surface area contributed by atoms with Crippen LogP contribution in [0.2, 0.25) is 0 Å². The van der Waals surface area contributed by atoms with Crippen LogP contribution in [0.5, 0.6) is 11.5 Å². The van der Waals surface area contributed by atoms with Crippen LogP contribution in [0.4, 0.5) is 0 Å². The topological polar surface area (TPSA) is 50.8 Å². The van der Waals surface area contributed by atoms with Gasteiger partial charge >= 0.3 is 0 Å². The van der Waals surface area contributed by atoms with Gasteiger partial charge in [-0.05, 0) is 62.2 Å². The van der Waals surface area contributed by atoms with E-state index >= 15 is 0 Å². The molecule has 0 aromatic heterocycles. The minimum atomic E-state index is 0.0677. The SMILES string of the molecule is CCCN(C(=O)COc1ccc(OCc2ccccc2)cc1)C1CCNCC1. The van der Waals surface area contributed by atoms with Crippen LogP contribution in [0.1, 0.15) is 31.7 Å². The first kappa shape index (κ1) is 20.2. The summed E-state index contributed by atoms with van der Waals surface area (Å²) >= 11 is 0. The Hall–Kier alpha value is -2.53. The lowest BCUT2D eigenvalue weighted by molar-refractivity contribution is -0.136. The van der Waals surface area contributed by atoms with Crippen molar-refractivity contribution >= 4 is 5.91 Å². The second kappa shape index (κ2) is 10.7. The van der Waals surface area contributed by atoms with E-state index in [2.05, 4.69) is 12.2 Å². The van der Waals surface area contributed by atoms with Gasteiger partial charge in [0.1, 0.15) is 18.1 Å². The molecule has 0 aliphatic carbocycles. The van der Waals surface area contributed by atoms with E-state index in [0.717, 1.165) is 50.2 Å². The molecule has 1 fully saturated rings. The largest absolute Gasteiger partial charge is 0.489 e. The van der Waals surface area contributed by atoms with Gasteiger partial charge in [0, 0.05) is 12.6 Å². The van der Waals surface area contributed by atoms with E-state index in [1.54, 1.807) is 0 Å². The van der Waals surface area contributed by atoms with Gasteiger partial charge in [-0.1, -0.05) is 37.3 Å². The standard InChI is InChI=1S/C23H30N2O3/c1-2-16-25(20-12-14-24-15-13-20)23(26)18-28-22-10-8-21(9-11-22)27-17-19-6-4-3-5-7-19/h3-11,20,24H,2,12-18H2,1H3. The zero-order chi connectivity index (χ0) is 19.6.